The van der Waals surface area contributed by atoms with Gasteiger partial charge in [-0.3, -0.25) is 4.98 Å². The summed E-state index contributed by atoms with van der Waals surface area (Å²) < 4.78 is 32.9. The van der Waals surface area contributed by atoms with Gasteiger partial charge in [0.15, 0.2) is 0 Å². The number of halogens is 2. The number of nitrogens with zero attached hydrogens (tertiary/aromatic N) is 1. The van der Waals surface area contributed by atoms with Gasteiger partial charge in [0.25, 0.3) is 0 Å². The molecule has 1 fully saturated rings. The zero-order valence-electron chi connectivity index (χ0n) is 12.5. The summed E-state index contributed by atoms with van der Waals surface area (Å²) in [7, 11) is 0. The quantitative estimate of drug-likeness (QED) is 0.603. The highest BCUT2D eigenvalue weighted by atomic mass is 32.2. The van der Waals surface area contributed by atoms with Crippen molar-refractivity contribution >= 4 is 11.8 Å². The highest BCUT2D eigenvalue weighted by molar-refractivity contribution is 7.99. The number of pyridine rings is 1. The van der Waals surface area contributed by atoms with Gasteiger partial charge in [0, 0.05) is 40.1 Å². The molecule has 3 rings (SSSR count). The Kier molecular flexibility index (Phi) is 3.95. The van der Waals surface area contributed by atoms with E-state index in [9.17, 15) is 8.78 Å². The molecule has 2 heterocycles. The molecule has 0 N–H and O–H groups in total. The van der Waals surface area contributed by atoms with Gasteiger partial charge in [-0.15, -0.1) is 11.8 Å². The molecular weight excluding hydrogens is 304 g/mol. The second-order valence-electron chi connectivity index (χ2n) is 6.10. The second kappa shape index (κ2) is 5.63. The fourth-order valence-corrected chi connectivity index (χ4v) is 3.69. The zero-order valence-corrected chi connectivity index (χ0v) is 13.3. The normalized spacial score (nSPS) is 20.9. The van der Waals surface area contributed by atoms with E-state index < -0.39 is 17.2 Å². The van der Waals surface area contributed by atoms with Gasteiger partial charge >= 0.3 is 0 Å². The van der Waals surface area contributed by atoms with Crippen LogP contribution in [-0.4, -0.2) is 17.3 Å². The lowest BCUT2D eigenvalue weighted by Crippen LogP contribution is -2.34. The van der Waals surface area contributed by atoms with Crippen LogP contribution in [-0.2, 0) is 10.3 Å². The summed E-state index contributed by atoms with van der Waals surface area (Å²) in [6.07, 6.45) is 3.50. The molecule has 0 spiro atoms. The van der Waals surface area contributed by atoms with Crippen molar-refractivity contribution in [2.24, 2.45) is 5.41 Å². The number of ether oxygens (including phenoxy) is 1. The third-order valence-corrected chi connectivity index (χ3v) is 5.61. The van der Waals surface area contributed by atoms with Gasteiger partial charge in [-0.25, -0.2) is 8.78 Å². The fourth-order valence-electron chi connectivity index (χ4n) is 2.61. The van der Waals surface area contributed by atoms with Crippen LogP contribution in [0, 0.1) is 17.0 Å². The van der Waals surface area contributed by atoms with E-state index in [1.807, 2.05) is 12.1 Å². The minimum absolute atomic E-state index is 0.292. The van der Waals surface area contributed by atoms with Crippen molar-refractivity contribution < 1.29 is 13.5 Å². The number of hydrogen-bond acceptors (Lipinski definition) is 3. The van der Waals surface area contributed by atoms with E-state index in [1.54, 1.807) is 24.2 Å². The molecule has 1 aliphatic heterocycles. The molecule has 5 heteroatoms. The van der Waals surface area contributed by atoms with Crippen LogP contribution in [0.2, 0.25) is 0 Å². The average molecular weight is 321 g/mol. The Morgan fingerprint density at radius 1 is 1.23 bits per heavy atom. The lowest BCUT2D eigenvalue weighted by Gasteiger charge is -2.32. The smallest absolute Gasteiger partial charge is 0.132 e. The SMILES string of the molecule is CC(C)(CSc1ccncc1)C1(c2ccc(F)cc2F)CO1. The first-order chi connectivity index (χ1) is 10.4. The summed E-state index contributed by atoms with van der Waals surface area (Å²) >= 11 is 1.68. The largest absolute Gasteiger partial charge is 0.364 e. The van der Waals surface area contributed by atoms with Gasteiger partial charge in [-0.2, -0.15) is 0 Å². The van der Waals surface area contributed by atoms with E-state index in [4.69, 9.17) is 4.74 Å². The monoisotopic (exact) mass is 321 g/mol. The minimum atomic E-state index is -0.676. The molecule has 1 unspecified atom stereocenters. The Balaban J connectivity index is 1.81. The topological polar surface area (TPSA) is 25.4 Å². The summed E-state index contributed by atoms with van der Waals surface area (Å²) in [5, 5.41) is 0. The first-order valence-corrected chi connectivity index (χ1v) is 8.05. The van der Waals surface area contributed by atoms with Crippen LogP contribution in [0.1, 0.15) is 19.4 Å². The van der Waals surface area contributed by atoms with Crippen molar-refractivity contribution in [1.82, 2.24) is 4.98 Å². The van der Waals surface area contributed by atoms with Crippen LogP contribution >= 0.6 is 11.8 Å². The van der Waals surface area contributed by atoms with E-state index in [2.05, 4.69) is 18.8 Å². The van der Waals surface area contributed by atoms with Crippen molar-refractivity contribution in [3.8, 4) is 0 Å². The second-order valence-corrected chi connectivity index (χ2v) is 7.14. The van der Waals surface area contributed by atoms with Crippen LogP contribution < -0.4 is 0 Å². The van der Waals surface area contributed by atoms with Gasteiger partial charge < -0.3 is 4.74 Å². The van der Waals surface area contributed by atoms with Gasteiger partial charge in [-0.1, -0.05) is 19.9 Å². The van der Waals surface area contributed by atoms with Crippen molar-refractivity contribution in [3.05, 3.63) is 59.9 Å². The average Bonchev–Trinajstić information content (AvgIpc) is 3.28. The standard InChI is InChI=1S/C17H17F2NOS/c1-16(2,11-22-13-5-7-20-8-6-13)17(10-21-17)14-4-3-12(18)9-15(14)19/h3-9H,10-11H2,1-2H3. The predicted molar refractivity (Wildman–Crippen MR) is 82.7 cm³/mol. The molecule has 1 aromatic heterocycles. The van der Waals surface area contributed by atoms with Gasteiger partial charge in [0.1, 0.15) is 17.2 Å². The minimum Gasteiger partial charge on any atom is -0.364 e. The Labute approximate surface area is 132 Å². The van der Waals surface area contributed by atoms with Crippen LogP contribution in [0.15, 0.2) is 47.6 Å². The van der Waals surface area contributed by atoms with Gasteiger partial charge in [0.05, 0.1) is 6.61 Å². The number of aromatic nitrogens is 1. The maximum atomic E-state index is 14.1. The van der Waals surface area contributed by atoms with E-state index in [1.165, 1.54) is 12.1 Å². The Hall–Kier alpha value is -1.46. The number of epoxide rings is 1. The molecule has 0 aliphatic carbocycles. The van der Waals surface area contributed by atoms with Crippen LogP contribution in [0.3, 0.4) is 0 Å². The summed E-state index contributed by atoms with van der Waals surface area (Å²) in [4.78, 5) is 5.10. The molecule has 0 saturated carbocycles. The van der Waals surface area contributed by atoms with E-state index in [0.29, 0.717) is 12.2 Å². The van der Waals surface area contributed by atoms with Gasteiger partial charge in [0.2, 0.25) is 0 Å². The van der Waals surface area contributed by atoms with E-state index >= 15 is 0 Å². The molecule has 1 saturated heterocycles. The first kappa shape index (κ1) is 15.4. The molecule has 1 aromatic carbocycles. The summed E-state index contributed by atoms with van der Waals surface area (Å²) in [6.45, 7) is 4.56. The van der Waals surface area contributed by atoms with Crippen LogP contribution in [0.4, 0.5) is 8.78 Å². The number of thioether (sulfide) groups is 1. The lowest BCUT2D eigenvalue weighted by molar-refractivity contribution is 0.155. The Morgan fingerprint density at radius 3 is 2.50 bits per heavy atom. The van der Waals surface area contributed by atoms with Crippen molar-refractivity contribution in [2.75, 3.05) is 12.4 Å². The Bertz CT molecular complexity index is 672. The molecule has 0 radical (unpaired) electrons. The molecular formula is C17H17F2NOS. The van der Waals surface area contributed by atoms with Crippen molar-refractivity contribution in [3.63, 3.8) is 0 Å². The zero-order chi connectivity index (χ0) is 15.8. The Morgan fingerprint density at radius 2 is 1.91 bits per heavy atom. The highest BCUT2D eigenvalue weighted by Gasteiger charge is 2.58. The summed E-state index contributed by atoms with van der Waals surface area (Å²) in [5.74, 6) is -0.353. The molecule has 116 valence electrons. The highest BCUT2D eigenvalue weighted by Crippen LogP contribution is 2.55. The molecule has 2 aromatic rings. The third kappa shape index (κ3) is 2.75. The lowest BCUT2D eigenvalue weighted by atomic mass is 9.76. The number of rotatable bonds is 5. The van der Waals surface area contributed by atoms with E-state index in [0.717, 1.165) is 16.7 Å². The molecule has 2 nitrogen and oxygen atoms in total. The number of hydrogen-bond donors (Lipinski definition) is 0. The van der Waals surface area contributed by atoms with E-state index in [-0.39, 0.29) is 5.41 Å². The molecule has 1 atom stereocenters. The maximum absolute atomic E-state index is 14.1. The van der Waals surface area contributed by atoms with Crippen LogP contribution in [0.5, 0.6) is 0 Å². The predicted octanol–water partition coefficient (Wildman–Crippen LogP) is 4.40. The molecule has 22 heavy (non-hydrogen) atoms. The third-order valence-electron chi connectivity index (χ3n) is 4.14. The fraction of sp³-hybridized carbons (Fsp3) is 0.353. The molecule has 0 bridgehead atoms. The first-order valence-electron chi connectivity index (χ1n) is 7.07. The summed E-state index contributed by atoms with van der Waals surface area (Å²) in [6, 6.07) is 7.59. The molecule has 0 amide bonds. The number of benzene rings is 1. The van der Waals surface area contributed by atoms with Gasteiger partial charge in [-0.05, 0) is 18.2 Å². The summed E-state index contributed by atoms with van der Waals surface area (Å²) in [5.41, 5.74) is -0.529. The maximum Gasteiger partial charge on any atom is 0.132 e. The molecule has 1 aliphatic rings. The van der Waals surface area contributed by atoms with Crippen molar-refractivity contribution in [1.29, 1.82) is 0 Å². The van der Waals surface area contributed by atoms with Crippen LogP contribution in [0.25, 0.3) is 0 Å². The van der Waals surface area contributed by atoms with Crippen molar-refractivity contribution in [2.45, 2.75) is 24.3 Å².